The van der Waals surface area contributed by atoms with Crippen LogP contribution in [-0.4, -0.2) is 18.4 Å². The Morgan fingerprint density at radius 1 is 1.22 bits per heavy atom. The van der Waals surface area contributed by atoms with Gasteiger partial charge in [-0.2, -0.15) is 8.78 Å². The smallest absolute Gasteiger partial charge is 0.387 e. The number of hydrogen-bond donors (Lipinski definition) is 2. The molecule has 5 nitrogen and oxygen atoms in total. The summed E-state index contributed by atoms with van der Waals surface area (Å²) >= 11 is 1.17. The summed E-state index contributed by atoms with van der Waals surface area (Å²) in [6.45, 7) is 4.28. The van der Waals surface area contributed by atoms with E-state index in [1.807, 2.05) is 0 Å². The van der Waals surface area contributed by atoms with E-state index in [2.05, 4.69) is 15.4 Å². The van der Waals surface area contributed by atoms with Crippen LogP contribution in [0.3, 0.4) is 0 Å². The molecule has 0 saturated heterocycles. The van der Waals surface area contributed by atoms with E-state index in [-0.39, 0.29) is 24.1 Å². The first-order valence-electron chi connectivity index (χ1n) is 8.30. The van der Waals surface area contributed by atoms with Crippen LogP contribution in [0.25, 0.3) is 0 Å². The van der Waals surface area contributed by atoms with Gasteiger partial charge in [0.05, 0.1) is 9.88 Å². The fraction of sp³-hybridized carbons (Fsp3) is 0.368. The number of carbonyl (C=O) groups excluding carboxylic acids is 2. The highest BCUT2D eigenvalue weighted by Crippen LogP contribution is 2.28. The van der Waals surface area contributed by atoms with Gasteiger partial charge in [-0.05, 0) is 24.6 Å². The van der Waals surface area contributed by atoms with E-state index in [4.69, 9.17) is 0 Å². The molecule has 1 aromatic heterocycles. The molecule has 0 aliphatic carbocycles. The highest BCUT2D eigenvalue weighted by molar-refractivity contribution is 7.18. The Labute approximate surface area is 160 Å². The summed E-state index contributed by atoms with van der Waals surface area (Å²) in [6, 6.07) is 8.02. The molecule has 2 rings (SSSR count). The third-order valence-electron chi connectivity index (χ3n) is 3.67. The molecule has 0 atom stereocenters. The van der Waals surface area contributed by atoms with Crippen LogP contribution in [0.4, 0.5) is 13.8 Å². The molecule has 1 aromatic carbocycles. The standard InChI is InChI=1S/C19H22F2N2O3S/c1-11-9-14(23-17(25)19(2,3)4)27-15(11)16(24)22-10-12-7-5-6-8-13(12)26-18(20)21/h5-9,18H,10H2,1-4H3,(H,22,24)(H,23,25). The lowest BCUT2D eigenvalue weighted by molar-refractivity contribution is -0.123. The maximum atomic E-state index is 12.5. The van der Waals surface area contributed by atoms with E-state index in [1.54, 1.807) is 52.0 Å². The molecule has 0 bridgehead atoms. The Hall–Kier alpha value is -2.48. The molecular formula is C19H22F2N2O3S. The lowest BCUT2D eigenvalue weighted by atomic mass is 9.96. The summed E-state index contributed by atoms with van der Waals surface area (Å²) < 4.78 is 29.4. The normalized spacial score (nSPS) is 11.4. The third-order valence-corrected chi connectivity index (χ3v) is 4.82. The predicted molar refractivity (Wildman–Crippen MR) is 101 cm³/mol. The van der Waals surface area contributed by atoms with Crippen LogP contribution in [0, 0.1) is 12.3 Å². The monoisotopic (exact) mass is 396 g/mol. The van der Waals surface area contributed by atoms with E-state index < -0.39 is 12.0 Å². The summed E-state index contributed by atoms with van der Waals surface area (Å²) in [4.78, 5) is 25.0. The molecule has 0 aliphatic rings. The molecule has 0 aliphatic heterocycles. The highest BCUT2D eigenvalue weighted by Gasteiger charge is 2.23. The number of alkyl halides is 2. The largest absolute Gasteiger partial charge is 0.434 e. The number of benzene rings is 1. The first-order valence-corrected chi connectivity index (χ1v) is 9.12. The van der Waals surface area contributed by atoms with Crippen molar-refractivity contribution in [3.8, 4) is 5.75 Å². The van der Waals surface area contributed by atoms with Crippen molar-refractivity contribution in [3.05, 3.63) is 46.3 Å². The van der Waals surface area contributed by atoms with Gasteiger partial charge in [-0.25, -0.2) is 0 Å². The molecule has 0 radical (unpaired) electrons. The van der Waals surface area contributed by atoms with Crippen LogP contribution in [-0.2, 0) is 11.3 Å². The first-order chi connectivity index (χ1) is 12.6. The van der Waals surface area contributed by atoms with Crippen molar-refractivity contribution in [2.45, 2.75) is 40.9 Å². The number of aryl methyl sites for hydroxylation is 1. The van der Waals surface area contributed by atoms with Crippen molar-refractivity contribution in [2.24, 2.45) is 5.41 Å². The molecule has 27 heavy (non-hydrogen) atoms. The number of para-hydroxylation sites is 1. The quantitative estimate of drug-likeness (QED) is 0.751. The van der Waals surface area contributed by atoms with Crippen LogP contribution in [0.2, 0.25) is 0 Å². The highest BCUT2D eigenvalue weighted by atomic mass is 32.1. The molecule has 146 valence electrons. The molecule has 0 fully saturated rings. The zero-order valence-electron chi connectivity index (χ0n) is 15.6. The van der Waals surface area contributed by atoms with Gasteiger partial charge in [0.2, 0.25) is 5.91 Å². The minimum absolute atomic E-state index is 0.0221. The van der Waals surface area contributed by atoms with E-state index in [0.29, 0.717) is 15.4 Å². The molecule has 0 spiro atoms. The first kappa shape index (κ1) is 20.8. The summed E-state index contributed by atoms with van der Waals surface area (Å²) in [6.07, 6.45) is 0. The zero-order chi connectivity index (χ0) is 20.2. The van der Waals surface area contributed by atoms with E-state index in [1.165, 1.54) is 17.4 Å². The minimum Gasteiger partial charge on any atom is -0.434 e. The Morgan fingerprint density at radius 2 is 1.89 bits per heavy atom. The second kappa shape index (κ2) is 8.47. The van der Waals surface area contributed by atoms with Crippen molar-refractivity contribution < 1.29 is 23.1 Å². The maximum absolute atomic E-state index is 12.5. The SMILES string of the molecule is Cc1cc(NC(=O)C(C)(C)C)sc1C(=O)NCc1ccccc1OC(F)F. The average Bonchev–Trinajstić information content (AvgIpc) is 2.93. The predicted octanol–water partition coefficient (Wildman–Crippen LogP) is 4.57. The summed E-state index contributed by atoms with van der Waals surface area (Å²) in [5.41, 5.74) is 0.620. The van der Waals surface area contributed by atoms with Crippen molar-refractivity contribution in [3.63, 3.8) is 0 Å². The molecule has 2 aromatic rings. The third kappa shape index (κ3) is 5.75. The zero-order valence-corrected chi connectivity index (χ0v) is 16.4. The molecule has 2 amide bonds. The van der Waals surface area contributed by atoms with Gasteiger partial charge in [0.1, 0.15) is 5.75 Å². The minimum atomic E-state index is -2.93. The van der Waals surface area contributed by atoms with Crippen LogP contribution in [0.1, 0.15) is 41.6 Å². The number of ether oxygens (including phenoxy) is 1. The van der Waals surface area contributed by atoms with E-state index in [9.17, 15) is 18.4 Å². The fourth-order valence-corrected chi connectivity index (χ4v) is 3.17. The second-order valence-corrected chi connectivity index (χ2v) is 8.05. The summed E-state index contributed by atoms with van der Waals surface area (Å²) in [7, 11) is 0. The van der Waals surface area contributed by atoms with Gasteiger partial charge in [0.15, 0.2) is 0 Å². The van der Waals surface area contributed by atoms with E-state index in [0.717, 1.165) is 5.56 Å². The van der Waals surface area contributed by atoms with Crippen LogP contribution in [0.5, 0.6) is 5.75 Å². The van der Waals surface area contributed by atoms with Gasteiger partial charge in [0.25, 0.3) is 5.91 Å². The number of hydrogen-bond acceptors (Lipinski definition) is 4. The molecule has 0 unspecified atom stereocenters. The number of halogens is 2. The molecular weight excluding hydrogens is 374 g/mol. The summed E-state index contributed by atoms with van der Waals surface area (Å²) in [5.74, 6) is -0.469. The van der Waals surface area contributed by atoms with Gasteiger partial charge < -0.3 is 15.4 Å². The Kier molecular flexibility index (Phi) is 6.54. The van der Waals surface area contributed by atoms with Gasteiger partial charge in [-0.3, -0.25) is 9.59 Å². The van der Waals surface area contributed by atoms with Gasteiger partial charge >= 0.3 is 6.61 Å². The van der Waals surface area contributed by atoms with E-state index >= 15 is 0 Å². The molecule has 8 heteroatoms. The topological polar surface area (TPSA) is 67.4 Å². The number of rotatable bonds is 6. The Bertz CT molecular complexity index is 829. The fourth-order valence-electron chi connectivity index (χ4n) is 2.19. The van der Waals surface area contributed by atoms with Crippen LogP contribution in [0.15, 0.2) is 30.3 Å². The van der Waals surface area contributed by atoms with Crippen molar-refractivity contribution in [2.75, 3.05) is 5.32 Å². The average molecular weight is 396 g/mol. The number of carbonyl (C=O) groups is 2. The van der Waals surface area contributed by atoms with Crippen molar-refractivity contribution in [1.82, 2.24) is 5.32 Å². The van der Waals surface area contributed by atoms with Crippen molar-refractivity contribution >= 4 is 28.2 Å². The van der Waals surface area contributed by atoms with Crippen LogP contribution < -0.4 is 15.4 Å². The second-order valence-electron chi connectivity index (χ2n) is 7.00. The molecule has 1 heterocycles. The number of nitrogens with one attached hydrogen (secondary N) is 2. The number of amides is 2. The van der Waals surface area contributed by atoms with Crippen LogP contribution >= 0.6 is 11.3 Å². The lowest BCUT2D eigenvalue weighted by Gasteiger charge is -2.16. The van der Waals surface area contributed by atoms with Gasteiger partial charge in [0, 0.05) is 17.5 Å². The molecule has 0 saturated carbocycles. The maximum Gasteiger partial charge on any atom is 0.387 e. The number of anilines is 1. The lowest BCUT2D eigenvalue weighted by Crippen LogP contribution is -2.27. The Morgan fingerprint density at radius 3 is 2.52 bits per heavy atom. The molecule has 2 N–H and O–H groups in total. The van der Waals surface area contributed by atoms with Crippen molar-refractivity contribution in [1.29, 1.82) is 0 Å². The Balaban J connectivity index is 2.06. The van der Waals surface area contributed by atoms with Gasteiger partial charge in [-0.15, -0.1) is 11.3 Å². The summed E-state index contributed by atoms with van der Waals surface area (Å²) in [5, 5.41) is 6.08. The van der Waals surface area contributed by atoms with Gasteiger partial charge in [-0.1, -0.05) is 39.0 Å². The number of thiophene rings is 1.